The molecule has 2 N–H and O–H groups in total. The molecule has 5 nitrogen and oxygen atoms in total. The summed E-state index contributed by atoms with van der Waals surface area (Å²) in [5.41, 5.74) is 6.26. The van der Waals surface area contributed by atoms with Gasteiger partial charge in [-0.1, -0.05) is 0 Å². The Morgan fingerprint density at radius 1 is 1.45 bits per heavy atom. The molecule has 0 aliphatic rings. The molecule has 0 unspecified atom stereocenters. The Kier molecular flexibility index (Phi) is 4.02. The Morgan fingerprint density at radius 3 is 2.85 bits per heavy atom. The number of ether oxygens (including phenoxy) is 1. The van der Waals surface area contributed by atoms with Crippen molar-refractivity contribution in [2.24, 2.45) is 0 Å². The highest BCUT2D eigenvalue weighted by Crippen LogP contribution is 2.14. The van der Waals surface area contributed by atoms with Gasteiger partial charge in [0.05, 0.1) is 11.3 Å². The molecular formula is C14H16FN3O2. The molecule has 0 fully saturated rings. The quantitative estimate of drug-likeness (QED) is 0.688. The number of carbonyl (C=O) groups excluding carboxylic acids is 1. The molecule has 0 saturated carbocycles. The fraction of sp³-hybridized carbons (Fsp3) is 0.286. The van der Waals surface area contributed by atoms with Crippen LogP contribution in [0.2, 0.25) is 0 Å². The average molecular weight is 277 g/mol. The van der Waals surface area contributed by atoms with Crippen molar-refractivity contribution in [3.8, 4) is 0 Å². The summed E-state index contributed by atoms with van der Waals surface area (Å²) in [5, 5.41) is 4.24. The molecule has 106 valence electrons. The van der Waals surface area contributed by atoms with E-state index in [1.807, 2.05) is 13.8 Å². The smallest absolute Gasteiger partial charge is 0.341 e. The molecule has 0 radical (unpaired) electrons. The number of nitrogens with two attached hydrogens (primary N) is 1. The van der Waals surface area contributed by atoms with Crippen LogP contribution in [-0.4, -0.2) is 15.7 Å². The van der Waals surface area contributed by atoms with Crippen molar-refractivity contribution in [3.05, 3.63) is 47.5 Å². The molecule has 1 aromatic heterocycles. The van der Waals surface area contributed by atoms with Crippen molar-refractivity contribution in [2.45, 2.75) is 26.5 Å². The lowest BCUT2D eigenvalue weighted by molar-refractivity contribution is 0.0461. The second-order valence-electron chi connectivity index (χ2n) is 4.70. The van der Waals surface area contributed by atoms with Crippen LogP contribution >= 0.6 is 0 Å². The van der Waals surface area contributed by atoms with Crippen LogP contribution in [0.5, 0.6) is 0 Å². The van der Waals surface area contributed by atoms with Crippen molar-refractivity contribution in [1.29, 1.82) is 0 Å². The van der Waals surface area contributed by atoms with E-state index in [1.165, 1.54) is 12.1 Å². The maximum absolute atomic E-state index is 13.5. The van der Waals surface area contributed by atoms with E-state index in [0.29, 0.717) is 11.4 Å². The van der Waals surface area contributed by atoms with Crippen LogP contribution in [0.3, 0.4) is 0 Å². The molecule has 0 aliphatic heterocycles. The minimum absolute atomic E-state index is 0.00715. The first kappa shape index (κ1) is 14.0. The number of esters is 1. The molecule has 0 bridgehead atoms. The lowest BCUT2D eigenvalue weighted by atomic mass is 10.2. The molecule has 0 spiro atoms. The van der Waals surface area contributed by atoms with Gasteiger partial charge in [0.15, 0.2) is 0 Å². The first-order chi connectivity index (χ1) is 9.47. The molecule has 2 rings (SSSR count). The summed E-state index contributed by atoms with van der Waals surface area (Å²) < 4.78 is 20.3. The number of benzene rings is 1. The van der Waals surface area contributed by atoms with Gasteiger partial charge in [-0.3, -0.25) is 4.68 Å². The van der Waals surface area contributed by atoms with E-state index in [-0.39, 0.29) is 18.2 Å². The maximum Gasteiger partial charge on any atom is 0.341 e. The summed E-state index contributed by atoms with van der Waals surface area (Å²) >= 11 is 0. The molecule has 20 heavy (non-hydrogen) atoms. The Bertz CT molecular complexity index is 623. The third-order valence-corrected chi connectivity index (χ3v) is 2.75. The van der Waals surface area contributed by atoms with Gasteiger partial charge in [0.1, 0.15) is 12.4 Å². The monoisotopic (exact) mass is 277 g/mol. The van der Waals surface area contributed by atoms with E-state index in [4.69, 9.17) is 10.5 Å². The zero-order valence-corrected chi connectivity index (χ0v) is 11.3. The molecule has 6 heteroatoms. The van der Waals surface area contributed by atoms with Crippen LogP contribution in [0.15, 0.2) is 30.5 Å². The van der Waals surface area contributed by atoms with Crippen molar-refractivity contribution >= 4 is 11.7 Å². The minimum Gasteiger partial charge on any atom is -0.455 e. The average Bonchev–Trinajstić information content (AvgIpc) is 2.88. The van der Waals surface area contributed by atoms with Gasteiger partial charge >= 0.3 is 5.97 Å². The number of halogens is 1. The lowest BCUT2D eigenvalue weighted by Crippen LogP contribution is -2.09. The van der Waals surface area contributed by atoms with Gasteiger partial charge in [-0.15, -0.1) is 0 Å². The van der Waals surface area contributed by atoms with Gasteiger partial charge in [-0.2, -0.15) is 5.10 Å². The standard InChI is InChI=1S/C14H16FN3O2/c1-9(2)18-6-5-11(17-18)8-20-14(19)12-7-10(16)3-4-13(12)15/h3-7,9H,8,16H2,1-2H3. The molecular weight excluding hydrogens is 261 g/mol. The first-order valence-corrected chi connectivity index (χ1v) is 6.23. The second-order valence-corrected chi connectivity index (χ2v) is 4.70. The van der Waals surface area contributed by atoms with Crippen molar-refractivity contribution in [2.75, 3.05) is 5.73 Å². The normalized spacial score (nSPS) is 10.8. The Hall–Kier alpha value is -2.37. The highest BCUT2D eigenvalue weighted by Gasteiger charge is 2.14. The molecule has 1 aromatic carbocycles. The summed E-state index contributed by atoms with van der Waals surface area (Å²) in [4.78, 5) is 11.8. The topological polar surface area (TPSA) is 70.1 Å². The van der Waals surface area contributed by atoms with Crippen molar-refractivity contribution in [3.63, 3.8) is 0 Å². The van der Waals surface area contributed by atoms with E-state index in [9.17, 15) is 9.18 Å². The van der Waals surface area contributed by atoms with Gasteiger partial charge in [0, 0.05) is 17.9 Å². The number of hydrogen-bond acceptors (Lipinski definition) is 4. The summed E-state index contributed by atoms with van der Waals surface area (Å²) in [5.74, 6) is -1.41. The highest BCUT2D eigenvalue weighted by molar-refractivity contribution is 5.90. The van der Waals surface area contributed by atoms with Gasteiger partial charge in [-0.05, 0) is 38.1 Å². The van der Waals surface area contributed by atoms with Crippen LogP contribution in [0.4, 0.5) is 10.1 Å². The third-order valence-electron chi connectivity index (χ3n) is 2.75. The summed E-state index contributed by atoms with van der Waals surface area (Å²) in [6.45, 7) is 3.97. The number of hydrogen-bond donors (Lipinski definition) is 1. The zero-order valence-electron chi connectivity index (χ0n) is 11.3. The number of carbonyl (C=O) groups is 1. The maximum atomic E-state index is 13.5. The predicted octanol–water partition coefficient (Wildman–Crippen LogP) is 2.54. The van der Waals surface area contributed by atoms with Crippen molar-refractivity contribution < 1.29 is 13.9 Å². The van der Waals surface area contributed by atoms with E-state index in [2.05, 4.69) is 5.10 Å². The fourth-order valence-corrected chi connectivity index (χ4v) is 1.66. The predicted molar refractivity (Wildman–Crippen MR) is 72.5 cm³/mol. The summed E-state index contributed by atoms with van der Waals surface area (Å²) in [6.07, 6.45) is 1.80. The van der Waals surface area contributed by atoms with E-state index in [0.717, 1.165) is 6.07 Å². The first-order valence-electron chi connectivity index (χ1n) is 6.23. The van der Waals surface area contributed by atoms with E-state index >= 15 is 0 Å². The van der Waals surface area contributed by atoms with Crippen LogP contribution in [0, 0.1) is 5.82 Å². The van der Waals surface area contributed by atoms with E-state index in [1.54, 1.807) is 16.9 Å². The third kappa shape index (κ3) is 3.14. The van der Waals surface area contributed by atoms with E-state index < -0.39 is 11.8 Å². The van der Waals surface area contributed by atoms with Crippen LogP contribution in [-0.2, 0) is 11.3 Å². The molecule has 0 aliphatic carbocycles. The molecule has 2 aromatic rings. The molecule has 0 saturated heterocycles. The molecule has 0 atom stereocenters. The van der Waals surface area contributed by atoms with Crippen molar-refractivity contribution in [1.82, 2.24) is 9.78 Å². The number of nitrogen functional groups attached to an aromatic ring is 1. The Labute approximate surface area is 116 Å². The summed E-state index contributed by atoms with van der Waals surface area (Å²) in [6, 6.07) is 5.76. The number of aromatic nitrogens is 2. The summed E-state index contributed by atoms with van der Waals surface area (Å²) in [7, 11) is 0. The number of rotatable bonds is 4. The number of anilines is 1. The minimum atomic E-state index is -0.756. The van der Waals surface area contributed by atoms with Gasteiger partial charge in [-0.25, -0.2) is 9.18 Å². The van der Waals surface area contributed by atoms with Gasteiger partial charge in [0.25, 0.3) is 0 Å². The van der Waals surface area contributed by atoms with Crippen LogP contribution < -0.4 is 5.73 Å². The molecule has 0 amide bonds. The highest BCUT2D eigenvalue weighted by atomic mass is 19.1. The fourth-order valence-electron chi connectivity index (χ4n) is 1.66. The SMILES string of the molecule is CC(C)n1ccc(COC(=O)c2cc(N)ccc2F)n1. The van der Waals surface area contributed by atoms with Gasteiger partial charge in [0.2, 0.25) is 0 Å². The Morgan fingerprint density at radius 2 is 2.20 bits per heavy atom. The number of nitrogens with zero attached hydrogens (tertiary/aromatic N) is 2. The Balaban J connectivity index is 2.02. The zero-order chi connectivity index (χ0) is 14.7. The van der Waals surface area contributed by atoms with Crippen LogP contribution in [0.1, 0.15) is 35.9 Å². The molecule has 1 heterocycles. The lowest BCUT2D eigenvalue weighted by Gasteiger charge is -2.06. The van der Waals surface area contributed by atoms with Crippen LogP contribution in [0.25, 0.3) is 0 Å². The van der Waals surface area contributed by atoms with Gasteiger partial charge < -0.3 is 10.5 Å². The second kappa shape index (κ2) is 5.73. The largest absolute Gasteiger partial charge is 0.455 e.